The van der Waals surface area contributed by atoms with E-state index in [0.717, 1.165) is 40.2 Å². The lowest BCUT2D eigenvalue weighted by Crippen LogP contribution is -2.21. The number of hydrogen-bond donors (Lipinski definition) is 0. The molecule has 0 radical (unpaired) electrons. The molecule has 1 heterocycles. The number of fused-ring (bicyclic) bond motifs is 1. The Bertz CT molecular complexity index is 1050. The van der Waals surface area contributed by atoms with Gasteiger partial charge < -0.3 is 9.47 Å². The third-order valence-electron chi connectivity index (χ3n) is 5.82. The lowest BCUT2D eigenvalue weighted by Gasteiger charge is -2.22. The van der Waals surface area contributed by atoms with Gasteiger partial charge in [-0.2, -0.15) is 8.78 Å². The van der Waals surface area contributed by atoms with E-state index < -0.39 is 6.11 Å². The van der Waals surface area contributed by atoms with E-state index in [0.29, 0.717) is 6.61 Å². The van der Waals surface area contributed by atoms with Crippen molar-refractivity contribution in [3.05, 3.63) is 65.7 Å². The lowest BCUT2D eigenvalue weighted by atomic mass is 9.84. The second-order valence-electron chi connectivity index (χ2n) is 8.05. The summed E-state index contributed by atoms with van der Waals surface area (Å²) in [5.41, 5.74) is 2.15. The first-order chi connectivity index (χ1) is 15.0. The first-order valence-electron chi connectivity index (χ1n) is 11.0. The van der Waals surface area contributed by atoms with E-state index >= 15 is 0 Å². The minimum absolute atomic E-state index is 0.135. The van der Waals surface area contributed by atoms with E-state index in [1.54, 1.807) is 18.2 Å². The number of ether oxygens (including phenoxy) is 2. The molecule has 1 aliphatic carbocycles. The van der Waals surface area contributed by atoms with Crippen molar-refractivity contribution in [3.63, 3.8) is 0 Å². The molecule has 5 heteroatoms. The summed E-state index contributed by atoms with van der Waals surface area (Å²) in [5.74, 6) is 1.49. The zero-order valence-corrected chi connectivity index (χ0v) is 18.8. The Morgan fingerprint density at radius 3 is 2.55 bits per heavy atom. The minimum Gasteiger partial charge on any atom is -0.494 e. The monoisotopic (exact) mass is 442 g/mol. The standard InChI is InChI=1S/C26H28F2O2S/c1-3-5-18-6-8-19(9-7-18)20-10-13-22(14-11-20)26(27,28)30-25-16-21-12-15-23(29-4-2)17-24(21)31-25/h8,10-18H,3-7,9H2,1-2H3. The van der Waals surface area contributed by atoms with Crippen LogP contribution in [0.1, 0.15) is 57.1 Å². The Balaban J connectivity index is 1.47. The Kier molecular flexibility index (Phi) is 6.61. The maximum atomic E-state index is 14.8. The second kappa shape index (κ2) is 9.39. The lowest BCUT2D eigenvalue weighted by molar-refractivity contribution is -0.183. The van der Waals surface area contributed by atoms with E-state index in [9.17, 15) is 8.78 Å². The average molecular weight is 443 g/mol. The van der Waals surface area contributed by atoms with Crippen LogP contribution in [0.4, 0.5) is 8.78 Å². The number of benzene rings is 2. The van der Waals surface area contributed by atoms with Gasteiger partial charge in [0.2, 0.25) is 0 Å². The van der Waals surface area contributed by atoms with Crippen LogP contribution in [0, 0.1) is 5.92 Å². The van der Waals surface area contributed by atoms with Crippen LogP contribution in [0.3, 0.4) is 0 Å². The molecule has 0 saturated heterocycles. The maximum absolute atomic E-state index is 14.8. The van der Waals surface area contributed by atoms with E-state index in [1.165, 1.54) is 48.3 Å². The van der Waals surface area contributed by atoms with E-state index in [-0.39, 0.29) is 10.6 Å². The SMILES string of the molecule is CCCC1CC=C(c2ccc(C(F)(F)Oc3cc4ccc(OCC)cc4s3)cc2)CC1. The molecule has 0 spiro atoms. The number of hydrogen-bond acceptors (Lipinski definition) is 3. The van der Waals surface area contributed by atoms with Gasteiger partial charge in [-0.25, -0.2) is 0 Å². The molecule has 0 N–H and O–H groups in total. The first-order valence-corrected chi connectivity index (χ1v) is 11.8. The molecule has 0 amide bonds. The maximum Gasteiger partial charge on any atom is 0.427 e. The normalized spacial score (nSPS) is 16.9. The van der Waals surface area contributed by atoms with Crippen LogP contribution in [0.5, 0.6) is 10.8 Å². The number of allylic oxidation sites excluding steroid dienone is 2. The molecule has 0 bridgehead atoms. The third-order valence-corrected chi connectivity index (χ3v) is 6.79. The van der Waals surface area contributed by atoms with Gasteiger partial charge in [0.15, 0.2) is 5.06 Å². The zero-order valence-electron chi connectivity index (χ0n) is 18.0. The molecule has 4 rings (SSSR count). The highest BCUT2D eigenvalue weighted by atomic mass is 32.1. The Hall–Kier alpha value is -2.40. The van der Waals surface area contributed by atoms with Crippen LogP contribution in [-0.4, -0.2) is 6.61 Å². The Labute approximate surface area is 186 Å². The summed E-state index contributed by atoms with van der Waals surface area (Å²) >= 11 is 1.20. The fourth-order valence-electron chi connectivity index (χ4n) is 4.18. The molecule has 2 aromatic carbocycles. The number of alkyl halides is 2. The summed E-state index contributed by atoms with van der Waals surface area (Å²) in [5, 5.41) is 1.05. The van der Waals surface area contributed by atoms with Crippen molar-refractivity contribution in [2.45, 2.75) is 52.1 Å². The summed E-state index contributed by atoms with van der Waals surface area (Å²) in [6.45, 7) is 4.69. The summed E-state index contributed by atoms with van der Waals surface area (Å²) in [4.78, 5) is 0. The van der Waals surface area contributed by atoms with Crippen molar-refractivity contribution >= 4 is 27.0 Å². The van der Waals surface area contributed by atoms with Crippen LogP contribution in [0.15, 0.2) is 54.6 Å². The molecule has 0 fully saturated rings. The predicted molar refractivity (Wildman–Crippen MR) is 124 cm³/mol. The molecule has 1 aliphatic rings. The molecule has 0 saturated carbocycles. The van der Waals surface area contributed by atoms with Gasteiger partial charge in [0.1, 0.15) is 5.75 Å². The summed E-state index contributed by atoms with van der Waals surface area (Å²) < 4.78 is 41.1. The van der Waals surface area contributed by atoms with Crippen LogP contribution in [0.2, 0.25) is 0 Å². The highest BCUT2D eigenvalue weighted by molar-refractivity contribution is 7.20. The fourth-order valence-corrected chi connectivity index (χ4v) is 5.15. The largest absolute Gasteiger partial charge is 0.494 e. The first kappa shape index (κ1) is 21.8. The van der Waals surface area contributed by atoms with Crippen molar-refractivity contribution in [3.8, 4) is 10.8 Å². The van der Waals surface area contributed by atoms with Gasteiger partial charge in [-0.3, -0.25) is 0 Å². The molecule has 31 heavy (non-hydrogen) atoms. The molecule has 1 aromatic heterocycles. The van der Waals surface area contributed by atoms with Gasteiger partial charge in [-0.05, 0) is 85.0 Å². The molecular formula is C26H28F2O2S. The number of rotatable bonds is 8. The van der Waals surface area contributed by atoms with Gasteiger partial charge in [0, 0.05) is 4.70 Å². The second-order valence-corrected chi connectivity index (χ2v) is 9.10. The van der Waals surface area contributed by atoms with Crippen molar-refractivity contribution in [2.75, 3.05) is 6.61 Å². The Morgan fingerprint density at radius 2 is 1.87 bits per heavy atom. The molecular weight excluding hydrogens is 414 g/mol. The molecule has 2 nitrogen and oxygen atoms in total. The van der Waals surface area contributed by atoms with Crippen molar-refractivity contribution in [2.24, 2.45) is 5.92 Å². The van der Waals surface area contributed by atoms with Crippen LogP contribution < -0.4 is 9.47 Å². The van der Waals surface area contributed by atoms with Crippen molar-refractivity contribution in [1.82, 2.24) is 0 Å². The molecule has 1 atom stereocenters. The highest BCUT2D eigenvalue weighted by Gasteiger charge is 2.35. The third kappa shape index (κ3) is 5.09. The van der Waals surface area contributed by atoms with Crippen LogP contribution in [-0.2, 0) is 6.11 Å². The van der Waals surface area contributed by atoms with E-state index in [4.69, 9.17) is 9.47 Å². The number of thiophene rings is 1. The minimum atomic E-state index is -3.39. The predicted octanol–water partition coefficient (Wildman–Crippen LogP) is 8.41. The summed E-state index contributed by atoms with van der Waals surface area (Å²) in [7, 11) is 0. The molecule has 3 aromatic rings. The quantitative estimate of drug-likeness (QED) is 0.349. The highest BCUT2D eigenvalue weighted by Crippen LogP contribution is 2.40. The van der Waals surface area contributed by atoms with Gasteiger partial charge in [-0.15, -0.1) is 0 Å². The number of halogens is 2. The van der Waals surface area contributed by atoms with Crippen LogP contribution >= 0.6 is 11.3 Å². The molecule has 0 aliphatic heterocycles. The van der Waals surface area contributed by atoms with Crippen LogP contribution in [0.25, 0.3) is 15.7 Å². The van der Waals surface area contributed by atoms with Gasteiger partial charge >= 0.3 is 6.11 Å². The van der Waals surface area contributed by atoms with Crippen molar-refractivity contribution < 1.29 is 18.3 Å². The summed E-state index contributed by atoms with van der Waals surface area (Å²) in [6.07, 6.45) is 4.64. The fraction of sp³-hybridized carbons (Fsp3) is 0.385. The van der Waals surface area contributed by atoms with Gasteiger partial charge in [0.05, 0.1) is 12.2 Å². The average Bonchev–Trinajstić information content (AvgIpc) is 3.16. The zero-order chi connectivity index (χ0) is 21.8. The molecule has 164 valence electrons. The smallest absolute Gasteiger partial charge is 0.427 e. The summed E-state index contributed by atoms with van der Waals surface area (Å²) in [6, 6.07) is 13.7. The topological polar surface area (TPSA) is 18.5 Å². The molecule has 1 unspecified atom stereocenters. The van der Waals surface area contributed by atoms with Gasteiger partial charge in [0.25, 0.3) is 0 Å². The van der Waals surface area contributed by atoms with Crippen molar-refractivity contribution in [1.29, 1.82) is 0 Å². The van der Waals surface area contributed by atoms with E-state index in [2.05, 4.69) is 13.0 Å². The Morgan fingerprint density at radius 1 is 1.06 bits per heavy atom. The van der Waals surface area contributed by atoms with E-state index in [1.807, 2.05) is 25.1 Å². The van der Waals surface area contributed by atoms with Gasteiger partial charge in [-0.1, -0.05) is 49.3 Å².